The van der Waals surface area contributed by atoms with Crippen LogP contribution in [-0.4, -0.2) is 12.0 Å². The summed E-state index contributed by atoms with van der Waals surface area (Å²) in [6, 6.07) is 9.80. The summed E-state index contributed by atoms with van der Waals surface area (Å²) in [6.45, 7) is 0. The van der Waals surface area contributed by atoms with E-state index < -0.39 is 17.6 Å². The minimum absolute atomic E-state index is 0.258. The standard InChI is InChI=1S/C11H9N3O3S/c12-6-8(9(13)15)10(18)14-11(16)17-7-4-2-1-3-5-7/h1-5,18H,(H2,13,15)(H,14,16). The van der Waals surface area contributed by atoms with Gasteiger partial charge in [0, 0.05) is 0 Å². The van der Waals surface area contributed by atoms with Gasteiger partial charge in [0.2, 0.25) is 0 Å². The third kappa shape index (κ3) is 3.84. The largest absolute Gasteiger partial charge is 0.417 e. The maximum absolute atomic E-state index is 11.4. The van der Waals surface area contributed by atoms with E-state index in [1.807, 2.05) is 0 Å². The van der Waals surface area contributed by atoms with E-state index in [4.69, 9.17) is 15.7 Å². The van der Waals surface area contributed by atoms with Crippen LogP contribution in [0.15, 0.2) is 40.9 Å². The fourth-order valence-corrected chi connectivity index (χ4v) is 1.26. The Morgan fingerprint density at radius 2 is 1.94 bits per heavy atom. The third-order valence-corrected chi connectivity index (χ3v) is 2.10. The van der Waals surface area contributed by atoms with Crippen molar-refractivity contribution in [1.29, 1.82) is 5.26 Å². The van der Waals surface area contributed by atoms with Crippen LogP contribution in [0.1, 0.15) is 0 Å². The summed E-state index contributed by atoms with van der Waals surface area (Å²) >= 11 is 3.79. The van der Waals surface area contributed by atoms with Crippen LogP contribution in [0.5, 0.6) is 5.75 Å². The smallest absolute Gasteiger partial charge is 0.410 e. The number of nitrogens with one attached hydrogen (secondary N) is 1. The minimum atomic E-state index is -0.984. The summed E-state index contributed by atoms with van der Waals surface area (Å²) in [5, 5.41) is 10.5. The number of rotatable bonds is 3. The Balaban J connectivity index is 2.72. The zero-order chi connectivity index (χ0) is 13.5. The summed E-state index contributed by atoms with van der Waals surface area (Å²) in [5.41, 5.74) is 4.46. The molecule has 6 nitrogen and oxygen atoms in total. The molecule has 0 saturated carbocycles. The quantitative estimate of drug-likeness (QED) is 0.428. The van der Waals surface area contributed by atoms with Gasteiger partial charge in [-0.3, -0.25) is 10.1 Å². The highest BCUT2D eigenvalue weighted by Crippen LogP contribution is 2.10. The number of primary amides is 1. The van der Waals surface area contributed by atoms with Crippen LogP contribution in [-0.2, 0) is 4.79 Å². The highest BCUT2D eigenvalue weighted by molar-refractivity contribution is 7.84. The van der Waals surface area contributed by atoms with Crippen molar-refractivity contribution in [3.8, 4) is 11.8 Å². The van der Waals surface area contributed by atoms with Gasteiger partial charge in [-0.25, -0.2) is 4.79 Å². The molecule has 0 heterocycles. The molecule has 7 heteroatoms. The maximum Gasteiger partial charge on any atom is 0.417 e. The first-order valence-electron chi connectivity index (χ1n) is 4.71. The molecule has 92 valence electrons. The van der Waals surface area contributed by atoms with E-state index in [-0.39, 0.29) is 5.03 Å². The van der Waals surface area contributed by atoms with E-state index in [2.05, 4.69) is 17.9 Å². The van der Waals surface area contributed by atoms with Crippen LogP contribution in [0.4, 0.5) is 4.79 Å². The number of para-hydroxylation sites is 1. The average Bonchev–Trinajstić information content (AvgIpc) is 2.30. The van der Waals surface area contributed by atoms with Crippen LogP contribution in [0, 0.1) is 11.3 Å². The van der Waals surface area contributed by atoms with Gasteiger partial charge < -0.3 is 10.5 Å². The molecule has 0 bridgehead atoms. The van der Waals surface area contributed by atoms with Gasteiger partial charge in [0.1, 0.15) is 17.4 Å². The lowest BCUT2D eigenvalue weighted by molar-refractivity contribution is -0.114. The van der Waals surface area contributed by atoms with Crippen molar-refractivity contribution in [1.82, 2.24) is 5.32 Å². The minimum Gasteiger partial charge on any atom is -0.410 e. The first-order chi connectivity index (χ1) is 8.54. The molecule has 0 radical (unpaired) electrons. The molecule has 2 amide bonds. The van der Waals surface area contributed by atoms with Crippen molar-refractivity contribution in [2.45, 2.75) is 0 Å². The van der Waals surface area contributed by atoms with Gasteiger partial charge in [-0.15, -0.1) is 12.6 Å². The monoisotopic (exact) mass is 263 g/mol. The van der Waals surface area contributed by atoms with E-state index in [0.717, 1.165) is 0 Å². The molecule has 1 aromatic rings. The SMILES string of the molecule is N#CC(C(N)=O)=C(S)NC(=O)Oc1ccccc1. The van der Waals surface area contributed by atoms with Gasteiger partial charge in [0.15, 0.2) is 0 Å². The fraction of sp³-hybridized carbons (Fsp3) is 0. The Morgan fingerprint density at radius 1 is 1.33 bits per heavy atom. The number of ether oxygens (including phenoxy) is 1. The Hall–Kier alpha value is -2.46. The summed E-state index contributed by atoms with van der Waals surface area (Å²) in [7, 11) is 0. The molecule has 3 N–H and O–H groups in total. The fourth-order valence-electron chi connectivity index (χ4n) is 1.01. The highest BCUT2D eigenvalue weighted by Gasteiger charge is 2.13. The van der Waals surface area contributed by atoms with E-state index in [1.165, 1.54) is 6.07 Å². The molecule has 0 aliphatic heterocycles. The van der Waals surface area contributed by atoms with E-state index in [9.17, 15) is 9.59 Å². The van der Waals surface area contributed by atoms with Crippen LogP contribution < -0.4 is 15.8 Å². The molecular formula is C11H9N3O3S. The lowest BCUT2D eigenvalue weighted by Crippen LogP contribution is -2.27. The number of carbonyl (C=O) groups excluding carboxylic acids is 2. The highest BCUT2D eigenvalue weighted by atomic mass is 32.1. The van der Waals surface area contributed by atoms with Crippen molar-refractivity contribution < 1.29 is 14.3 Å². The van der Waals surface area contributed by atoms with Crippen molar-refractivity contribution in [2.75, 3.05) is 0 Å². The molecule has 0 fully saturated rings. The molecule has 1 aromatic carbocycles. The molecule has 0 saturated heterocycles. The summed E-state index contributed by atoms with van der Waals surface area (Å²) in [4.78, 5) is 22.2. The normalized spacial score (nSPS) is 10.9. The first kappa shape index (κ1) is 13.6. The Kier molecular flexibility index (Phi) is 4.78. The van der Waals surface area contributed by atoms with Gasteiger partial charge >= 0.3 is 6.09 Å². The molecule has 0 atom stereocenters. The Morgan fingerprint density at radius 3 is 2.44 bits per heavy atom. The molecule has 0 aromatic heterocycles. The lowest BCUT2D eigenvalue weighted by atomic mass is 10.3. The molecule has 0 spiro atoms. The number of thiol groups is 1. The number of carbonyl (C=O) groups is 2. The zero-order valence-electron chi connectivity index (χ0n) is 9.08. The molecule has 1 rings (SSSR count). The van der Waals surface area contributed by atoms with Gasteiger partial charge in [0.25, 0.3) is 5.91 Å². The van der Waals surface area contributed by atoms with Crippen LogP contribution in [0.2, 0.25) is 0 Å². The lowest BCUT2D eigenvalue weighted by Gasteiger charge is -2.06. The number of nitrogens with two attached hydrogens (primary N) is 1. The Bertz CT molecular complexity index is 534. The number of nitrogens with zero attached hydrogens (tertiary/aromatic N) is 1. The second-order valence-electron chi connectivity index (χ2n) is 3.03. The van der Waals surface area contributed by atoms with Crippen molar-refractivity contribution in [3.05, 3.63) is 40.9 Å². The molecule has 0 aliphatic carbocycles. The van der Waals surface area contributed by atoms with E-state index in [1.54, 1.807) is 30.3 Å². The van der Waals surface area contributed by atoms with Crippen LogP contribution in [0.25, 0.3) is 0 Å². The van der Waals surface area contributed by atoms with Gasteiger partial charge in [0.05, 0.1) is 5.03 Å². The predicted molar refractivity (Wildman–Crippen MR) is 66.4 cm³/mol. The average molecular weight is 263 g/mol. The second-order valence-corrected chi connectivity index (χ2v) is 3.47. The second kappa shape index (κ2) is 6.32. The van der Waals surface area contributed by atoms with E-state index >= 15 is 0 Å². The number of benzene rings is 1. The van der Waals surface area contributed by atoms with Gasteiger partial charge in [-0.2, -0.15) is 5.26 Å². The molecule has 0 aliphatic rings. The van der Waals surface area contributed by atoms with E-state index in [0.29, 0.717) is 5.75 Å². The maximum atomic E-state index is 11.4. The molecular weight excluding hydrogens is 254 g/mol. The topological polar surface area (TPSA) is 105 Å². The van der Waals surface area contributed by atoms with Crippen LogP contribution >= 0.6 is 12.6 Å². The van der Waals surface area contributed by atoms with Crippen molar-refractivity contribution >= 4 is 24.6 Å². The summed E-state index contributed by atoms with van der Waals surface area (Å²) in [5.74, 6) is -0.670. The van der Waals surface area contributed by atoms with Crippen LogP contribution in [0.3, 0.4) is 0 Å². The number of nitriles is 1. The summed E-state index contributed by atoms with van der Waals surface area (Å²) in [6.07, 6.45) is -0.875. The number of hydrogen-bond donors (Lipinski definition) is 3. The molecule has 0 unspecified atom stereocenters. The third-order valence-electron chi connectivity index (χ3n) is 1.77. The Labute approximate surface area is 108 Å². The zero-order valence-corrected chi connectivity index (χ0v) is 9.98. The summed E-state index contributed by atoms with van der Waals surface area (Å²) < 4.78 is 4.86. The predicted octanol–water partition coefficient (Wildman–Crippen LogP) is 0.925. The van der Waals surface area contributed by atoms with Gasteiger partial charge in [-0.1, -0.05) is 18.2 Å². The van der Waals surface area contributed by atoms with Crippen molar-refractivity contribution in [3.63, 3.8) is 0 Å². The number of amides is 2. The first-order valence-corrected chi connectivity index (χ1v) is 5.16. The molecule has 18 heavy (non-hydrogen) atoms. The number of hydrogen-bond acceptors (Lipinski definition) is 5. The van der Waals surface area contributed by atoms with Gasteiger partial charge in [-0.05, 0) is 12.1 Å². The van der Waals surface area contributed by atoms with Crippen molar-refractivity contribution in [2.24, 2.45) is 5.73 Å².